The van der Waals surface area contributed by atoms with Crippen molar-refractivity contribution in [3.8, 4) is 0 Å². The predicted octanol–water partition coefficient (Wildman–Crippen LogP) is -0.253. The fourth-order valence-electron chi connectivity index (χ4n) is 1.30. The lowest BCUT2D eigenvalue weighted by Crippen LogP contribution is -2.42. The normalized spacial score (nSPS) is 28.0. The van der Waals surface area contributed by atoms with Crippen LogP contribution < -0.4 is 0 Å². The van der Waals surface area contributed by atoms with Gasteiger partial charge in [0.15, 0.2) is 0 Å². The highest BCUT2D eigenvalue weighted by Gasteiger charge is 2.39. The Labute approximate surface area is 70.5 Å². The molecule has 12 heavy (non-hydrogen) atoms. The van der Waals surface area contributed by atoms with Crippen molar-refractivity contribution in [2.75, 3.05) is 13.2 Å². The number of Topliss-reactive ketones (excluding diaryl/α,β-unsaturated/α-hetero) is 1. The molecule has 1 fully saturated rings. The van der Waals surface area contributed by atoms with Crippen molar-refractivity contribution < 1.29 is 19.4 Å². The van der Waals surface area contributed by atoms with Gasteiger partial charge in [0.2, 0.25) is 0 Å². The summed E-state index contributed by atoms with van der Waals surface area (Å²) >= 11 is 0. The van der Waals surface area contributed by atoms with Crippen LogP contribution in [-0.4, -0.2) is 30.1 Å². The van der Waals surface area contributed by atoms with Crippen molar-refractivity contribution >= 4 is 11.8 Å². The zero-order valence-electron chi connectivity index (χ0n) is 6.95. The van der Waals surface area contributed by atoms with Crippen LogP contribution in [0.15, 0.2) is 0 Å². The molecule has 0 amide bonds. The monoisotopic (exact) mass is 172 g/mol. The minimum atomic E-state index is -0.342. The van der Waals surface area contributed by atoms with Crippen molar-refractivity contribution in [3.63, 3.8) is 0 Å². The van der Waals surface area contributed by atoms with Gasteiger partial charge in [-0.1, -0.05) is 0 Å². The standard InChI is InChI=1S/C8H12O4/c1-5(10)12-4-6-2-8(11)7(6)3-9/h6-7,9H,2-4H2,1H3/t6-,7-/m1/s1. The Morgan fingerprint density at radius 3 is 2.83 bits per heavy atom. The van der Waals surface area contributed by atoms with Crippen LogP contribution in [0.5, 0.6) is 0 Å². The van der Waals surface area contributed by atoms with E-state index in [2.05, 4.69) is 0 Å². The molecule has 0 unspecified atom stereocenters. The van der Waals surface area contributed by atoms with Gasteiger partial charge in [-0.2, -0.15) is 0 Å². The Morgan fingerprint density at radius 1 is 1.75 bits per heavy atom. The van der Waals surface area contributed by atoms with Gasteiger partial charge in [0.05, 0.1) is 13.2 Å². The molecule has 1 rings (SSSR count). The lowest BCUT2D eigenvalue weighted by molar-refractivity contribution is -0.150. The Hall–Kier alpha value is -0.900. The molecule has 4 nitrogen and oxygen atoms in total. The number of hydrogen-bond donors (Lipinski definition) is 1. The second kappa shape index (κ2) is 3.67. The van der Waals surface area contributed by atoms with E-state index in [1.165, 1.54) is 6.92 Å². The quantitative estimate of drug-likeness (QED) is 0.596. The molecular formula is C8H12O4. The first-order valence-electron chi connectivity index (χ1n) is 3.92. The van der Waals surface area contributed by atoms with Crippen LogP contribution in [0.25, 0.3) is 0 Å². The average molecular weight is 172 g/mol. The molecule has 0 heterocycles. The number of rotatable bonds is 3. The highest BCUT2D eigenvalue weighted by molar-refractivity contribution is 5.87. The molecule has 1 saturated carbocycles. The molecule has 2 atom stereocenters. The second-order valence-electron chi connectivity index (χ2n) is 3.02. The number of aliphatic hydroxyl groups excluding tert-OH is 1. The summed E-state index contributed by atoms with van der Waals surface area (Å²) in [6.07, 6.45) is 0.429. The summed E-state index contributed by atoms with van der Waals surface area (Å²) < 4.78 is 4.72. The van der Waals surface area contributed by atoms with E-state index < -0.39 is 0 Å². The van der Waals surface area contributed by atoms with E-state index in [9.17, 15) is 9.59 Å². The number of ether oxygens (including phenoxy) is 1. The summed E-state index contributed by atoms with van der Waals surface area (Å²) in [7, 11) is 0. The van der Waals surface area contributed by atoms with Gasteiger partial charge in [-0.15, -0.1) is 0 Å². The molecule has 0 bridgehead atoms. The molecule has 4 heteroatoms. The third kappa shape index (κ3) is 1.82. The van der Waals surface area contributed by atoms with Crippen molar-refractivity contribution in [2.45, 2.75) is 13.3 Å². The van der Waals surface area contributed by atoms with Gasteiger partial charge < -0.3 is 9.84 Å². The summed E-state index contributed by atoms with van der Waals surface area (Å²) in [5, 5.41) is 8.73. The Bertz CT molecular complexity index is 199. The van der Waals surface area contributed by atoms with Crippen molar-refractivity contribution in [3.05, 3.63) is 0 Å². The maximum atomic E-state index is 10.8. The smallest absolute Gasteiger partial charge is 0.302 e. The topological polar surface area (TPSA) is 63.6 Å². The second-order valence-corrected chi connectivity index (χ2v) is 3.02. The zero-order chi connectivity index (χ0) is 9.14. The highest BCUT2D eigenvalue weighted by atomic mass is 16.5. The molecule has 68 valence electrons. The van der Waals surface area contributed by atoms with Gasteiger partial charge >= 0.3 is 5.97 Å². The molecule has 0 aromatic carbocycles. The summed E-state index contributed by atoms with van der Waals surface area (Å²) in [5.41, 5.74) is 0. The lowest BCUT2D eigenvalue weighted by atomic mass is 9.73. The van der Waals surface area contributed by atoms with Gasteiger partial charge in [-0.25, -0.2) is 0 Å². The Balaban J connectivity index is 2.26. The Morgan fingerprint density at radius 2 is 2.42 bits per heavy atom. The summed E-state index contributed by atoms with van der Waals surface area (Å²) in [6, 6.07) is 0. The highest BCUT2D eigenvalue weighted by Crippen LogP contribution is 2.30. The molecular weight excluding hydrogens is 160 g/mol. The van der Waals surface area contributed by atoms with E-state index in [1.54, 1.807) is 0 Å². The largest absolute Gasteiger partial charge is 0.466 e. The maximum absolute atomic E-state index is 10.8. The SMILES string of the molecule is CC(=O)OC[C@H]1CC(=O)[C@@H]1CO. The molecule has 1 aliphatic carbocycles. The van der Waals surface area contributed by atoms with E-state index in [0.29, 0.717) is 6.42 Å². The number of ketones is 1. The lowest BCUT2D eigenvalue weighted by Gasteiger charge is -2.32. The fourth-order valence-corrected chi connectivity index (χ4v) is 1.30. The fraction of sp³-hybridized carbons (Fsp3) is 0.750. The minimum absolute atomic E-state index is 0.0337. The molecule has 0 spiro atoms. The first-order chi connectivity index (χ1) is 5.65. The molecule has 0 aromatic rings. The van der Waals surface area contributed by atoms with Crippen LogP contribution >= 0.6 is 0 Å². The van der Waals surface area contributed by atoms with Crippen LogP contribution in [0.3, 0.4) is 0 Å². The van der Waals surface area contributed by atoms with Gasteiger partial charge in [0.25, 0.3) is 0 Å². The molecule has 0 aromatic heterocycles. The van der Waals surface area contributed by atoms with E-state index in [-0.39, 0.29) is 36.8 Å². The van der Waals surface area contributed by atoms with Crippen LogP contribution in [0.4, 0.5) is 0 Å². The number of carbonyl (C=O) groups excluding carboxylic acids is 2. The van der Waals surface area contributed by atoms with Crippen LogP contribution in [0, 0.1) is 11.8 Å². The van der Waals surface area contributed by atoms with Gasteiger partial charge in [-0.05, 0) is 0 Å². The summed E-state index contributed by atoms with van der Waals surface area (Å²) in [5.74, 6) is -0.545. The van der Waals surface area contributed by atoms with Gasteiger partial charge in [0.1, 0.15) is 5.78 Å². The summed E-state index contributed by atoms with van der Waals surface area (Å²) in [4.78, 5) is 21.2. The van der Waals surface area contributed by atoms with Crippen molar-refractivity contribution in [2.24, 2.45) is 11.8 Å². The van der Waals surface area contributed by atoms with Crippen molar-refractivity contribution in [1.82, 2.24) is 0 Å². The molecule has 1 aliphatic rings. The van der Waals surface area contributed by atoms with E-state index in [1.807, 2.05) is 0 Å². The van der Waals surface area contributed by atoms with Crippen molar-refractivity contribution in [1.29, 1.82) is 0 Å². The van der Waals surface area contributed by atoms with E-state index >= 15 is 0 Å². The van der Waals surface area contributed by atoms with E-state index in [4.69, 9.17) is 9.84 Å². The number of aliphatic hydroxyl groups is 1. The average Bonchev–Trinajstić information content (AvgIpc) is 1.97. The molecule has 0 aliphatic heterocycles. The first-order valence-corrected chi connectivity index (χ1v) is 3.92. The maximum Gasteiger partial charge on any atom is 0.302 e. The van der Waals surface area contributed by atoms with Crippen LogP contribution in [0.2, 0.25) is 0 Å². The van der Waals surface area contributed by atoms with Crippen LogP contribution in [0.1, 0.15) is 13.3 Å². The number of hydrogen-bond acceptors (Lipinski definition) is 4. The molecule has 0 saturated heterocycles. The third-order valence-corrected chi connectivity index (χ3v) is 2.14. The van der Waals surface area contributed by atoms with Crippen LogP contribution in [-0.2, 0) is 14.3 Å². The third-order valence-electron chi connectivity index (χ3n) is 2.14. The Kier molecular flexibility index (Phi) is 2.81. The van der Waals surface area contributed by atoms with Gasteiger partial charge in [-0.3, -0.25) is 9.59 Å². The minimum Gasteiger partial charge on any atom is -0.466 e. The van der Waals surface area contributed by atoms with E-state index in [0.717, 1.165) is 0 Å². The zero-order valence-corrected chi connectivity index (χ0v) is 6.95. The van der Waals surface area contributed by atoms with Gasteiger partial charge in [0, 0.05) is 25.2 Å². The summed E-state index contributed by atoms with van der Waals surface area (Å²) in [6.45, 7) is 1.45. The predicted molar refractivity (Wildman–Crippen MR) is 40.3 cm³/mol. The number of esters is 1. The first kappa shape index (κ1) is 9.19. The molecule has 0 radical (unpaired) electrons. The molecule has 1 N–H and O–H groups in total. The number of carbonyl (C=O) groups is 2.